The number of ketones is 1. The molecule has 1 aliphatic rings. The minimum absolute atomic E-state index is 0.0112. The highest BCUT2D eigenvalue weighted by Gasteiger charge is 2.28. The zero-order valence-corrected chi connectivity index (χ0v) is 10.2. The molecule has 1 fully saturated rings. The van der Waals surface area contributed by atoms with Crippen molar-refractivity contribution in [2.24, 2.45) is 0 Å². The second-order valence-electron chi connectivity index (χ2n) is 4.76. The van der Waals surface area contributed by atoms with Gasteiger partial charge < -0.3 is 10.4 Å². The Morgan fingerprint density at radius 2 is 2.06 bits per heavy atom. The van der Waals surface area contributed by atoms with Gasteiger partial charge >= 0.3 is 0 Å². The van der Waals surface area contributed by atoms with Crippen LogP contribution in [0, 0.1) is 0 Å². The highest BCUT2D eigenvalue weighted by Crippen LogP contribution is 2.21. The molecule has 0 unspecified atom stereocenters. The number of Topliss-reactive ketones (excluding diaryl/α,β-unsaturated/α-hetero) is 1. The Morgan fingerprint density at radius 3 is 2.72 bits per heavy atom. The minimum Gasteiger partial charge on any atom is -0.390 e. The lowest BCUT2D eigenvalue weighted by molar-refractivity contribution is 0.0327. The highest BCUT2D eigenvalue weighted by molar-refractivity contribution is 5.97. The third-order valence-electron chi connectivity index (χ3n) is 3.39. The van der Waals surface area contributed by atoms with Gasteiger partial charge in [-0.1, -0.05) is 30.3 Å². The van der Waals surface area contributed by atoms with Gasteiger partial charge in [0.25, 0.3) is 0 Å². The number of halogens is 1. The van der Waals surface area contributed by atoms with Crippen LogP contribution in [-0.2, 0) is 0 Å². The third kappa shape index (κ3) is 3.37. The molecule has 0 spiro atoms. The Morgan fingerprint density at radius 1 is 1.33 bits per heavy atom. The standard InChI is InChI=1S/C14H18FNO2/c15-12-8-11(6-7-13(12)17)16-9-14(18)10-4-2-1-3-5-10/h1-5,11-13,16-17H,6-9H2/t11-,12+,13+/m1/s1. The van der Waals surface area contributed by atoms with E-state index in [-0.39, 0.29) is 24.8 Å². The second-order valence-corrected chi connectivity index (χ2v) is 4.76. The number of rotatable bonds is 4. The first-order valence-corrected chi connectivity index (χ1v) is 6.30. The number of aliphatic hydroxyl groups excluding tert-OH is 1. The normalized spacial score (nSPS) is 28.0. The van der Waals surface area contributed by atoms with Crippen molar-refractivity contribution in [3.8, 4) is 0 Å². The molecule has 2 rings (SSSR count). The second kappa shape index (κ2) is 6.07. The van der Waals surface area contributed by atoms with Crippen LogP contribution in [0.1, 0.15) is 29.6 Å². The van der Waals surface area contributed by atoms with E-state index < -0.39 is 12.3 Å². The summed E-state index contributed by atoms with van der Waals surface area (Å²) in [6.07, 6.45) is -0.568. The number of alkyl halides is 1. The van der Waals surface area contributed by atoms with Crippen molar-refractivity contribution in [3.05, 3.63) is 35.9 Å². The summed E-state index contributed by atoms with van der Waals surface area (Å²) in [7, 11) is 0. The number of aliphatic hydroxyl groups is 1. The first-order valence-electron chi connectivity index (χ1n) is 6.30. The van der Waals surface area contributed by atoms with E-state index in [0.29, 0.717) is 18.4 Å². The largest absolute Gasteiger partial charge is 0.390 e. The zero-order valence-electron chi connectivity index (χ0n) is 10.2. The average Bonchev–Trinajstić information content (AvgIpc) is 2.41. The molecule has 0 bridgehead atoms. The van der Waals surface area contributed by atoms with Crippen molar-refractivity contribution in [3.63, 3.8) is 0 Å². The molecule has 3 nitrogen and oxygen atoms in total. The Balaban J connectivity index is 1.80. The first kappa shape index (κ1) is 13.2. The molecule has 3 atom stereocenters. The van der Waals surface area contributed by atoms with Crippen molar-refractivity contribution < 1.29 is 14.3 Å². The van der Waals surface area contributed by atoms with Crippen LogP contribution in [0.3, 0.4) is 0 Å². The van der Waals surface area contributed by atoms with Gasteiger partial charge in [-0.05, 0) is 19.3 Å². The molecular formula is C14H18FNO2. The van der Waals surface area contributed by atoms with Crippen LogP contribution >= 0.6 is 0 Å². The predicted octanol–water partition coefficient (Wildman–Crippen LogP) is 1.71. The lowest BCUT2D eigenvalue weighted by Gasteiger charge is -2.29. The third-order valence-corrected chi connectivity index (χ3v) is 3.39. The Labute approximate surface area is 106 Å². The summed E-state index contributed by atoms with van der Waals surface area (Å²) in [6, 6.07) is 9.03. The van der Waals surface area contributed by atoms with E-state index in [1.807, 2.05) is 18.2 Å². The van der Waals surface area contributed by atoms with Gasteiger partial charge in [0.1, 0.15) is 6.17 Å². The van der Waals surface area contributed by atoms with Gasteiger partial charge in [0.15, 0.2) is 5.78 Å². The van der Waals surface area contributed by atoms with Gasteiger partial charge in [-0.3, -0.25) is 4.79 Å². The molecule has 1 aromatic carbocycles. The topological polar surface area (TPSA) is 49.3 Å². The van der Waals surface area contributed by atoms with Crippen LogP contribution in [0.15, 0.2) is 30.3 Å². The summed E-state index contributed by atoms with van der Waals surface area (Å²) in [5.74, 6) is 0.0112. The summed E-state index contributed by atoms with van der Waals surface area (Å²) in [4.78, 5) is 11.8. The fourth-order valence-electron chi connectivity index (χ4n) is 2.25. The van der Waals surface area contributed by atoms with Crippen LogP contribution in [-0.4, -0.2) is 35.8 Å². The molecular weight excluding hydrogens is 233 g/mol. The zero-order chi connectivity index (χ0) is 13.0. The molecule has 0 aromatic heterocycles. The Hall–Kier alpha value is -1.26. The van der Waals surface area contributed by atoms with Crippen molar-refractivity contribution in [2.75, 3.05) is 6.54 Å². The minimum atomic E-state index is -1.18. The van der Waals surface area contributed by atoms with E-state index in [1.165, 1.54) is 0 Å². The molecule has 1 aliphatic carbocycles. The van der Waals surface area contributed by atoms with E-state index in [1.54, 1.807) is 12.1 Å². The van der Waals surface area contributed by atoms with Crippen LogP contribution in [0.4, 0.5) is 4.39 Å². The van der Waals surface area contributed by atoms with Crippen LogP contribution in [0.2, 0.25) is 0 Å². The van der Waals surface area contributed by atoms with Crippen molar-refractivity contribution >= 4 is 5.78 Å². The number of benzene rings is 1. The van der Waals surface area contributed by atoms with E-state index in [0.717, 1.165) is 0 Å². The fraction of sp³-hybridized carbons (Fsp3) is 0.500. The number of carbonyl (C=O) groups excluding carboxylic acids is 1. The van der Waals surface area contributed by atoms with E-state index in [9.17, 15) is 14.3 Å². The molecule has 1 saturated carbocycles. The van der Waals surface area contributed by atoms with E-state index in [2.05, 4.69) is 5.32 Å². The van der Waals surface area contributed by atoms with Crippen LogP contribution in [0.25, 0.3) is 0 Å². The highest BCUT2D eigenvalue weighted by atomic mass is 19.1. The molecule has 4 heteroatoms. The smallest absolute Gasteiger partial charge is 0.176 e. The summed E-state index contributed by atoms with van der Waals surface area (Å²) >= 11 is 0. The van der Waals surface area contributed by atoms with Crippen molar-refractivity contribution in [1.29, 1.82) is 0 Å². The van der Waals surface area contributed by atoms with Crippen LogP contribution < -0.4 is 5.32 Å². The molecule has 0 radical (unpaired) electrons. The number of hydrogen-bond donors (Lipinski definition) is 2. The van der Waals surface area contributed by atoms with Gasteiger partial charge in [-0.2, -0.15) is 0 Å². The average molecular weight is 251 g/mol. The quantitative estimate of drug-likeness (QED) is 0.801. The molecule has 18 heavy (non-hydrogen) atoms. The maximum atomic E-state index is 13.3. The maximum absolute atomic E-state index is 13.3. The molecule has 1 aromatic rings. The Kier molecular flexibility index (Phi) is 4.44. The molecule has 0 saturated heterocycles. The number of nitrogens with one attached hydrogen (secondary N) is 1. The lowest BCUT2D eigenvalue weighted by Crippen LogP contribution is -2.42. The van der Waals surface area contributed by atoms with Gasteiger partial charge in [0.05, 0.1) is 12.6 Å². The van der Waals surface area contributed by atoms with Gasteiger partial charge in [-0.25, -0.2) is 4.39 Å². The summed E-state index contributed by atoms with van der Waals surface area (Å²) in [6.45, 7) is 0.220. The van der Waals surface area contributed by atoms with E-state index >= 15 is 0 Å². The van der Waals surface area contributed by atoms with Crippen molar-refractivity contribution in [2.45, 2.75) is 37.6 Å². The molecule has 0 aliphatic heterocycles. The first-order chi connectivity index (χ1) is 8.66. The molecule has 98 valence electrons. The molecule has 0 amide bonds. The fourth-order valence-corrected chi connectivity index (χ4v) is 2.25. The van der Waals surface area contributed by atoms with E-state index in [4.69, 9.17) is 0 Å². The molecule has 0 heterocycles. The maximum Gasteiger partial charge on any atom is 0.176 e. The number of carbonyl (C=O) groups is 1. The van der Waals surface area contributed by atoms with Gasteiger partial charge in [0, 0.05) is 11.6 Å². The summed E-state index contributed by atoms with van der Waals surface area (Å²) in [5.41, 5.74) is 0.664. The monoisotopic (exact) mass is 251 g/mol. The summed E-state index contributed by atoms with van der Waals surface area (Å²) in [5, 5.41) is 12.4. The van der Waals surface area contributed by atoms with Crippen molar-refractivity contribution in [1.82, 2.24) is 5.32 Å². The lowest BCUT2D eigenvalue weighted by atomic mass is 9.91. The Bertz CT molecular complexity index is 396. The predicted molar refractivity (Wildman–Crippen MR) is 67.3 cm³/mol. The summed E-state index contributed by atoms with van der Waals surface area (Å²) < 4.78 is 13.3. The number of hydrogen-bond acceptors (Lipinski definition) is 3. The van der Waals surface area contributed by atoms with Crippen LogP contribution in [0.5, 0.6) is 0 Å². The molecule has 2 N–H and O–H groups in total. The van der Waals surface area contributed by atoms with Gasteiger partial charge in [0.2, 0.25) is 0 Å². The van der Waals surface area contributed by atoms with Gasteiger partial charge in [-0.15, -0.1) is 0 Å². The SMILES string of the molecule is O=C(CN[C@@H]1CC[C@H](O)[C@@H](F)C1)c1ccccc1.